The zero-order chi connectivity index (χ0) is 13.8. The molecule has 0 saturated carbocycles. The van der Waals surface area contributed by atoms with E-state index in [-0.39, 0.29) is 5.82 Å². The zero-order valence-corrected chi connectivity index (χ0v) is 11.7. The zero-order valence-electron chi connectivity index (χ0n) is 11.7. The van der Waals surface area contributed by atoms with Crippen LogP contribution in [0.25, 0.3) is 11.1 Å². The molecule has 2 aromatic rings. The first-order chi connectivity index (χ1) is 9.19. The maximum absolute atomic E-state index is 14.1. The Kier molecular flexibility index (Phi) is 4.20. The molecule has 0 unspecified atom stereocenters. The Balaban J connectivity index is 2.47. The standard InChI is InChI=1S/C17H19FO/c1-4-12-6-7-14(10-13(12)5-2)16-9-8-15(19-3)11-17(16)18/h6-11H,4-5H2,1-3H3. The summed E-state index contributed by atoms with van der Waals surface area (Å²) in [6.07, 6.45) is 1.98. The molecule has 2 rings (SSSR count). The van der Waals surface area contributed by atoms with Gasteiger partial charge in [0.2, 0.25) is 0 Å². The summed E-state index contributed by atoms with van der Waals surface area (Å²) < 4.78 is 19.1. The van der Waals surface area contributed by atoms with Gasteiger partial charge in [-0.3, -0.25) is 0 Å². The van der Waals surface area contributed by atoms with E-state index in [1.165, 1.54) is 17.2 Å². The van der Waals surface area contributed by atoms with Crippen LogP contribution in [-0.4, -0.2) is 7.11 Å². The van der Waals surface area contributed by atoms with Crippen molar-refractivity contribution in [2.24, 2.45) is 0 Å². The SMILES string of the molecule is CCc1ccc(-c2ccc(OC)cc2F)cc1CC. The number of ether oxygens (including phenoxy) is 1. The quantitative estimate of drug-likeness (QED) is 0.777. The number of methoxy groups -OCH3 is 1. The fourth-order valence-corrected chi connectivity index (χ4v) is 2.32. The Morgan fingerprint density at radius 1 is 0.947 bits per heavy atom. The van der Waals surface area contributed by atoms with E-state index in [1.54, 1.807) is 19.2 Å². The molecule has 0 aromatic heterocycles. The number of halogens is 1. The molecule has 0 spiro atoms. The van der Waals surface area contributed by atoms with E-state index in [9.17, 15) is 4.39 Å². The molecule has 2 heteroatoms. The lowest BCUT2D eigenvalue weighted by molar-refractivity contribution is 0.411. The third-order valence-electron chi connectivity index (χ3n) is 3.46. The number of rotatable bonds is 4. The van der Waals surface area contributed by atoms with Crippen molar-refractivity contribution in [2.45, 2.75) is 26.7 Å². The van der Waals surface area contributed by atoms with Crippen molar-refractivity contribution in [3.63, 3.8) is 0 Å². The van der Waals surface area contributed by atoms with Gasteiger partial charge in [-0.1, -0.05) is 32.0 Å². The van der Waals surface area contributed by atoms with Crippen LogP contribution >= 0.6 is 0 Å². The summed E-state index contributed by atoms with van der Waals surface area (Å²) >= 11 is 0. The summed E-state index contributed by atoms with van der Waals surface area (Å²) in [5.74, 6) is 0.299. The molecule has 1 nitrogen and oxygen atoms in total. The largest absolute Gasteiger partial charge is 0.497 e. The average molecular weight is 258 g/mol. The summed E-state index contributed by atoms with van der Waals surface area (Å²) in [4.78, 5) is 0. The van der Waals surface area contributed by atoms with Gasteiger partial charge in [0.05, 0.1) is 7.11 Å². The predicted molar refractivity (Wildman–Crippen MR) is 77.1 cm³/mol. The molecule has 0 saturated heterocycles. The molecule has 19 heavy (non-hydrogen) atoms. The topological polar surface area (TPSA) is 9.23 Å². The van der Waals surface area contributed by atoms with Crippen molar-refractivity contribution in [1.29, 1.82) is 0 Å². The first-order valence-electron chi connectivity index (χ1n) is 6.65. The van der Waals surface area contributed by atoms with Gasteiger partial charge in [-0.2, -0.15) is 0 Å². The second-order valence-corrected chi connectivity index (χ2v) is 4.54. The first kappa shape index (κ1) is 13.6. The fraction of sp³-hybridized carbons (Fsp3) is 0.294. The van der Waals surface area contributed by atoms with E-state index in [2.05, 4.69) is 26.0 Å². The molecule has 100 valence electrons. The highest BCUT2D eigenvalue weighted by molar-refractivity contribution is 5.66. The fourth-order valence-electron chi connectivity index (χ4n) is 2.32. The third-order valence-corrected chi connectivity index (χ3v) is 3.46. The summed E-state index contributed by atoms with van der Waals surface area (Å²) in [6, 6.07) is 11.2. The Morgan fingerprint density at radius 3 is 2.26 bits per heavy atom. The van der Waals surface area contributed by atoms with Gasteiger partial charge in [0.15, 0.2) is 0 Å². The summed E-state index contributed by atoms with van der Waals surface area (Å²) in [5, 5.41) is 0. The van der Waals surface area contributed by atoms with E-state index in [4.69, 9.17) is 4.74 Å². The van der Waals surface area contributed by atoms with Crippen molar-refractivity contribution in [2.75, 3.05) is 7.11 Å². The molecule has 0 fully saturated rings. The van der Waals surface area contributed by atoms with Gasteiger partial charge in [0.1, 0.15) is 11.6 Å². The first-order valence-corrected chi connectivity index (χ1v) is 6.65. The summed E-state index contributed by atoms with van der Waals surface area (Å²) in [6.45, 7) is 4.27. The minimum atomic E-state index is -0.245. The van der Waals surface area contributed by atoms with E-state index >= 15 is 0 Å². The molecule has 0 aliphatic carbocycles. The van der Waals surface area contributed by atoms with Gasteiger partial charge in [0.25, 0.3) is 0 Å². The molecular formula is C17H19FO. The lowest BCUT2D eigenvalue weighted by atomic mass is 9.96. The Bertz CT molecular complexity index is 575. The maximum Gasteiger partial charge on any atom is 0.134 e. The highest BCUT2D eigenvalue weighted by Crippen LogP contribution is 2.28. The van der Waals surface area contributed by atoms with Crippen molar-refractivity contribution in [1.82, 2.24) is 0 Å². The minimum absolute atomic E-state index is 0.245. The van der Waals surface area contributed by atoms with Crippen LogP contribution in [0.1, 0.15) is 25.0 Å². The monoisotopic (exact) mass is 258 g/mol. The van der Waals surface area contributed by atoms with Crippen molar-refractivity contribution < 1.29 is 9.13 Å². The number of hydrogen-bond donors (Lipinski definition) is 0. The average Bonchev–Trinajstić information content (AvgIpc) is 2.46. The molecule has 0 amide bonds. The van der Waals surface area contributed by atoms with E-state index in [1.807, 2.05) is 6.07 Å². The molecular weight excluding hydrogens is 239 g/mol. The number of hydrogen-bond acceptors (Lipinski definition) is 1. The molecule has 0 aliphatic heterocycles. The summed E-state index contributed by atoms with van der Waals surface area (Å²) in [5.41, 5.74) is 4.17. The molecule has 0 heterocycles. The van der Waals surface area contributed by atoms with Crippen LogP contribution in [-0.2, 0) is 12.8 Å². The second kappa shape index (κ2) is 5.87. The number of benzene rings is 2. The second-order valence-electron chi connectivity index (χ2n) is 4.54. The minimum Gasteiger partial charge on any atom is -0.497 e. The molecule has 0 aliphatic rings. The van der Waals surface area contributed by atoms with Crippen LogP contribution in [0.3, 0.4) is 0 Å². The Hall–Kier alpha value is -1.83. The van der Waals surface area contributed by atoms with Crippen LogP contribution in [0.2, 0.25) is 0 Å². The van der Waals surface area contributed by atoms with Crippen LogP contribution in [0.15, 0.2) is 36.4 Å². The van der Waals surface area contributed by atoms with Gasteiger partial charge >= 0.3 is 0 Å². The van der Waals surface area contributed by atoms with E-state index < -0.39 is 0 Å². The molecule has 0 bridgehead atoms. The highest BCUT2D eigenvalue weighted by atomic mass is 19.1. The Labute approximate surface area is 114 Å². The van der Waals surface area contributed by atoms with Gasteiger partial charge in [0, 0.05) is 11.6 Å². The lowest BCUT2D eigenvalue weighted by Gasteiger charge is -2.10. The van der Waals surface area contributed by atoms with Crippen molar-refractivity contribution in [3.8, 4) is 16.9 Å². The van der Waals surface area contributed by atoms with Gasteiger partial charge < -0.3 is 4.74 Å². The van der Waals surface area contributed by atoms with Crippen LogP contribution in [0.5, 0.6) is 5.75 Å². The van der Waals surface area contributed by atoms with Gasteiger partial charge in [-0.25, -0.2) is 4.39 Å². The maximum atomic E-state index is 14.1. The molecule has 0 atom stereocenters. The predicted octanol–water partition coefficient (Wildman–Crippen LogP) is 4.63. The molecule has 0 radical (unpaired) electrons. The van der Waals surface area contributed by atoms with Crippen LogP contribution in [0, 0.1) is 5.82 Å². The van der Waals surface area contributed by atoms with Gasteiger partial charge in [-0.15, -0.1) is 0 Å². The van der Waals surface area contributed by atoms with Crippen LogP contribution in [0.4, 0.5) is 4.39 Å². The normalized spacial score (nSPS) is 10.5. The highest BCUT2D eigenvalue weighted by Gasteiger charge is 2.08. The lowest BCUT2D eigenvalue weighted by Crippen LogP contribution is -1.93. The van der Waals surface area contributed by atoms with Crippen LogP contribution < -0.4 is 4.74 Å². The Morgan fingerprint density at radius 2 is 1.68 bits per heavy atom. The van der Waals surface area contributed by atoms with Crippen molar-refractivity contribution in [3.05, 3.63) is 53.3 Å². The molecule has 0 N–H and O–H groups in total. The van der Waals surface area contributed by atoms with E-state index in [0.717, 1.165) is 18.4 Å². The smallest absolute Gasteiger partial charge is 0.134 e. The number of aryl methyl sites for hydroxylation is 2. The van der Waals surface area contributed by atoms with E-state index in [0.29, 0.717) is 11.3 Å². The van der Waals surface area contributed by atoms with Crippen molar-refractivity contribution >= 4 is 0 Å². The third kappa shape index (κ3) is 2.78. The van der Waals surface area contributed by atoms with Gasteiger partial charge in [-0.05, 0) is 41.7 Å². The molecule has 2 aromatic carbocycles. The summed E-state index contributed by atoms with van der Waals surface area (Å²) in [7, 11) is 1.54.